The number of hydrogen-bond donors (Lipinski definition) is 1. The molecule has 2 aliphatic rings. The number of carbonyl (C=O) groups is 1. The van der Waals surface area contributed by atoms with Crippen LogP contribution in [0.5, 0.6) is 0 Å². The molecule has 2 fully saturated rings. The Labute approximate surface area is 169 Å². The van der Waals surface area contributed by atoms with Gasteiger partial charge in [-0.05, 0) is 57.1 Å². The number of anilines is 1. The van der Waals surface area contributed by atoms with Gasteiger partial charge in [0.1, 0.15) is 5.82 Å². The lowest BCUT2D eigenvalue weighted by molar-refractivity contribution is 0.0583. The van der Waals surface area contributed by atoms with Gasteiger partial charge in [-0.25, -0.2) is 4.98 Å². The second kappa shape index (κ2) is 10.3. The Morgan fingerprint density at radius 3 is 2.42 bits per heavy atom. The molecule has 3 heterocycles. The Hall–Kier alpha value is -1.04. The minimum absolute atomic E-state index is 0. The van der Waals surface area contributed by atoms with Crippen molar-refractivity contribution in [3.8, 4) is 0 Å². The predicted octanol–water partition coefficient (Wildman–Crippen LogP) is 3.50. The molecule has 0 saturated carbocycles. The van der Waals surface area contributed by atoms with E-state index in [0.29, 0.717) is 5.56 Å². The number of aromatic nitrogens is 1. The van der Waals surface area contributed by atoms with Crippen LogP contribution in [0.4, 0.5) is 5.82 Å². The second-order valence-corrected chi connectivity index (χ2v) is 7.50. The first-order valence-electron chi connectivity index (χ1n) is 9.34. The third-order valence-electron chi connectivity index (χ3n) is 5.52. The number of hydrogen-bond acceptors (Lipinski definition) is 4. The maximum Gasteiger partial charge on any atom is 0.255 e. The van der Waals surface area contributed by atoms with Crippen molar-refractivity contribution in [1.29, 1.82) is 0 Å². The Balaban J connectivity index is 0.00000169. The van der Waals surface area contributed by atoms with E-state index in [0.717, 1.165) is 50.6 Å². The highest BCUT2D eigenvalue weighted by Gasteiger charge is 2.30. The number of rotatable bonds is 3. The number of pyridine rings is 1. The summed E-state index contributed by atoms with van der Waals surface area (Å²) in [7, 11) is 0. The van der Waals surface area contributed by atoms with Crippen molar-refractivity contribution in [3.63, 3.8) is 0 Å². The Bertz CT molecular complexity index is 559. The molecule has 2 N–H and O–H groups in total. The third-order valence-corrected chi connectivity index (χ3v) is 5.52. The van der Waals surface area contributed by atoms with Crippen LogP contribution in [0.15, 0.2) is 18.3 Å². The fourth-order valence-electron chi connectivity index (χ4n) is 3.86. The molecule has 0 aromatic carbocycles. The van der Waals surface area contributed by atoms with Gasteiger partial charge in [-0.1, -0.05) is 6.92 Å². The molecule has 1 amide bonds. The molecule has 7 heteroatoms. The van der Waals surface area contributed by atoms with Crippen molar-refractivity contribution in [3.05, 3.63) is 23.9 Å². The molecule has 0 aliphatic carbocycles. The monoisotopic (exact) mass is 402 g/mol. The topological polar surface area (TPSA) is 62.5 Å². The van der Waals surface area contributed by atoms with E-state index in [9.17, 15) is 4.79 Å². The van der Waals surface area contributed by atoms with Gasteiger partial charge in [0.15, 0.2) is 0 Å². The number of nitrogens with zero attached hydrogens (tertiary/aromatic N) is 3. The number of halogens is 2. The van der Waals surface area contributed by atoms with E-state index in [1.807, 2.05) is 24.0 Å². The number of amides is 1. The van der Waals surface area contributed by atoms with Crippen molar-refractivity contribution < 1.29 is 4.79 Å². The first kappa shape index (κ1) is 23.0. The van der Waals surface area contributed by atoms with Gasteiger partial charge in [0.05, 0.1) is 5.56 Å². The fourth-order valence-corrected chi connectivity index (χ4v) is 3.86. The van der Waals surface area contributed by atoms with Crippen molar-refractivity contribution in [2.75, 3.05) is 24.5 Å². The SMILES string of the molecule is CC1CCN(c2ccc(C(=O)N3CCCCC3C(C)N)cn2)CC1.Cl.Cl. The molecule has 1 aromatic heterocycles. The number of piperidine rings is 2. The minimum Gasteiger partial charge on any atom is -0.357 e. The van der Waals surface area contributed by atoms with E-state index in [4.69, 9.17) is 5.73 Å². The lowest BCUT2D eigenvalue weighted by Crippen LogP contribution is -2.51. The molecular weight excluding hydrogens is 371 g/mol. The van der Waals surface area contributed by atoms with Gasteiger partial charge in [-0.2, -0.15) is 0 Å². The smallest absolute Gasteiger partial charge is 0.255 e. The van der Waals surface area contributed by atoms with Crippen LogP contribution >= 0.6 is 24.8 Å². The highest BCUT2D eigenvalue weighted by Crippen LogP contribution is 2.24. The third kappa shape index (κ3) is 5.24. The van der Waals surface area contributed by atoms with Crippen LogP contribution in [0, 0.1) is 5.92 Å². The normalized spacial score (nSPS) is 22.2. The predicted molar refractivity (Wildman–Crippen MR) is 112 cm³/mol. The minimum atomic E-state index is 0. The maximum absolute atomic E-state index is 12.9. The van der Waals surface area contributed by atoms with Gasteiger partial charge in [-0.3, -0.25) is 4.79 Å². The molecule has 0 spiro atoms. The summed E-state index contributed by atoms with van der Waals surface area (Å²) in [6, 6.07) is 4.08. The molecule has 0 radical (unpaired) electrons. The van der Waals surface area contributed by atoms with Crippen LogP contribution < -0.4 is 10.6 Å². The molecular formula is C19H32Cl2N4O. The quantitative estimate of drug-likeness (QED) is 0.839. The van der Waals surface area contributed by atoms with Crippen LogP contribution in [0.2, 0.25) is 0 Å². The summed E-state index contributed by atoms with van der Waals surface area (Å²) in [5.41, 5.74) is 6.77. The summed E-state index contributed by atoms with van der Waals surface area (Å²) >= 11 is 0. The molecule has 2 saturated heterocycles. The lowest BCUT2D eigenvalue weighted by atomic mass is 9.96. The second-order valence-electron chi connectivity index (χ2n) is 7.50. The Kier molecular flexibility index (Phi) is 9.14. The zero-order valence-corrected chi connectivity index (χ0v) is 17.4. The van der Waals surface area contributed by atoms with Crippen LogP contribution in [0.25, 0.3) is 0 Å². The molecule has 2 unspecified atom stereocenters. The molecule has 2 atom stereocenters. The summed E-state index contributed by atoms with van der Waals surface area (Å²) in [4.78, 5) is 21.7. The van der Waals surface area contributed by atoms with Crippen molar-refractivity contribution >= 4 is 36.5 Å². The lowest BCUT2D eigenvalue weighted by Gasteiger charge is -2.38. The van der Waals surface area contributed by atoms with Crippen LogP contribution in [0.1, 0.15) is 56.3 Å². The first-order chi connectivity index (χ1) is 11.6. The molecule has 26 heavy (non-hydrogen) atoms. The van der Waals surface area contributed by atoms with Crippen molar-refractivity contribution in [1.82, 2.24) is 9.88 Å². The van der Waals surface area contributed by atoms with Crippen LogP contribution in [-0.2, 0) is 0 Å². The number of likely N-dealkylation sites (tertiary alicyclic amines) is 1. The molecule has 3 rings (SSSR count). The summed E-state index contributed by atoms with van der Waals surface area (Å²) in [6.45, 7) is 7.21. The van der Waals surface area contributed by atoms with Crippen molar-refractivity contribution in [2.24, 2.45) is 11.7 Å². The van der Waals surface area contributed by atoms with E-state index in [1.165, 1.54) is 12.8 Å². The summed E-state index contributed by atoms with van der Waals surface area (Å²) in [5.74, 6) is 1.86. The van der Waals surface area contributed by atoms with E-state index >= 15 is 0 Å². The zero-order valence-electron chi connectivity index (χ0n) is 15.8. The number of carbonyl (C=O) groups excluding carboxylic acids is 1. The summed E-state index contributed by atoms with van der Waals surface area (Å²) in [6.07, 6.45) is 7.38. The highest BCUT2D eigenvalue weighted by atomic mass is 35.5. The molecule has 1 aromatic rings. The van der Waals surface area contributed by atoms with Crippen LogP contribution in [-0.4, -0.2) is 47.5 Å². The van der Waals surface area contributed by atoms with Crippen molar-refractivity contribution in [2.45, 2.75) is 58.0 Å². The average molecular weight is 403 g/mol. The van der Waals surface area contributed by atoms with E-state index in [-0.39, 0.29) is 42.8 Å². The summed E-state index contributed by atoms with van der Waals surface area (Å²) < 4.78 is 0. The molecule has 5 nitrogen and oxygen atoms in total. The summed E-state index contributed by atoms with van der Waals surface area (Å²) in [5, 5.41) is 0. The van der Waals surface area contributed by atoms with Gasteiger partial charge >= 0.3 is 0 Å². The van der Waals surface area contributed by atoms with Gasteiger partial charge in [0, 0.05) is 37.9 Å². The van der Waals surface area contributed by atoms with Gasteiger partial charge in [0.25, 0.3) is 5.91 Å². The Morgan fingerprint density at radius 1 is 1.15 bits per heavy atom. The van der Waals surface area contributed by atoms with Crippen LogP contribution in [0.3, 0.4) is 0 Å². The van der Waals surface area contributed by atoms with E-state index in [1.54, 1.807) is 6.20 Å². The Morgan fingerprint density at radius 2 is 1.85 bits per heavy atom. The standard InChI is InChI=1S/C19H30N4O.2ClH/c1-14-8-11-22(12-9-14)18-7-6-16(13-21-18)19(24)23-10-4-3-5-17(23)15(2)20;;/h6-7,13-15,17H,3-5,8-12,20H2,1-2H3;2*1H. The highest BCUT2D eigenvalue weighted by molar-refractivity contribution is 5.94. The van der Waals surface area contributed by atoms with E-state index in [2.05, 4.69) is 16.8 Å². The average Bonchev–Trinajstić information content (AvgIpc) is 2.62. The molecule has 148 valence electrons. The largest absolute Gasteiger partial charge is 0.357 e. The molecule has 2 aliphatic heterocycles. The number of nitrogens with two attached hydrogens (primary N) is 1. The first-order valence-corrected chi connectivity index (χ1v) is 9.34. The van der Waals surface area contributed by atoms with Gasteiger partial charge < -0.3 is 15.5 Å². The maximum atomic E-state index is 12.9. The van der Waals surface area contributed by atoms with Gasteiger partial charge in [0.2, 0.25) is 0 Å². The van der Waals surface area contributed by atoms with Gasteiger partial charge in [-0.15, -0.1) is 24.8 Å². The van der Waals surface area contributed by atoms with E-state index < -0.39 is 0 Å². The fraction of sp³-hybridized carbons (Fsp3) is 0.684. The zero-order chi connectivity index (χ0) is 17.1. The molecule has 0 bridgehead atoms.